The normalized spacial score (nSPS) is 17.9. The molecule has 0 bridgehead atoms. The Labute approximate surface area is 133 Å². The zero-order chi connectivity index (χ0) is 15.7. The highest BCUT2D eigenvalue weighted by Crippen LogP contribution is 2.26. The van der Waals surface area contributed by atoms with Crippen molar-refractivity contribution < 1.29 is 9.59 Å². The maximum absolute atomic E-state index is 12.5. The minimum Gasteiger partial charge on any atom is -0.373 e. The number of imide groups is 1. The van der Waals surface area contributed by atoms with Crippen LogP contribution in [-0.4, -0.2) is 17.9 Å². The van der Waals surface area contributed by atoms with Gasteiger partial charge in [0, 0.05) is 10.7 Å². The predicted octanol–water partition coefficient (Wildman–Crippen LogP) is 3.39. The first-order chi connectivity index (χ1) is 10.5. The van der Waals surface area contributed by atoms with Crippen LogP contribution in [0.2, 0.25) is 5.02 Å². The minimum atomic E-state index is -0.537. The molecule has 1 saturated heterocycles. The van der Waals surface area contributed by atoms with Crippen molar-refractivity contribution >= 4 is 34.8 Å². The Kier molecular flexibility index (Phi) is 3.86. The van der Waals surface area contributed by atoms with Gasteiger partial charge in [0.25, 0.3) is 5.91 Å². The third-order valence-corrected chi connectivity index (χ3v) is 3.84. The van der Waals surface area contributed by atoms with E-state index in [0.29, 0.717) is 10.7 Å². The Morgan fingerprint density at radius 1 is 1.14 bits per heavy atom. The van der Waals surface area contributed by atoms with E-state index >= 15 is 0 Å². The largest absolute Gasteiger partial charge is 0.373 e. The number of benzene rings is 2. The lowest BCUT2D eigenvalue weighted by Crippen LogP contribution is -2.34. The lowest BCUT2D eigenvalue weighted by atomic mass is 10.2. The molecule has 0 aromatic heterocycles. The highest BCUT2D eigenvalue weighted by atomic mass is 35.5. The van der Waals surface area contributed by atoms with Crippen molar-refractivity contribution in [3.8, 4) is 0 Å². The van der Waals surface area contributed by atoms with Gasteiger partial charge in [-0.1, -0.05) is 23.7 Å². The molecule has 112 valence electrons. The molecule has 0 saturated carbocycles. The third kappa shape index (κ3) is 2.83. The van der Waals surface area contributed by atoms with E-state index in [1.54, 1.807) is 24.3 Å². The van der Waals surface area contributed by atoms with E-state index in [1.807, 2.05) is 31.2 Å². The summed E-state index contributed by atoms with van der Waals surface area (Å²) < 4.78 is 0. The van der Waals surface area contributed by atoms with Crippen LogP contribution >= 0.6 is 11.6 Å². The van der Waals surface area contributed by atoms with Gasteiger partial charge in [-0.25, -0.2) is 4.90 Å². The van der Waals surface area contributed by atoms with Gasteiger partial charge in [0.2, 0.25) is 5.91 Å². The molecule has 1 aliphatic rings. The Bertz CT molecular complexity index is 728. The average Bonchev–Trinajstić information content (AvgIpc) is 2.75. The maximum atomic E-state index is 12.5. The SMILES string of the molecule is Cc1cccc(N[C@H]2CC(=O)N(c3ccc(Cl)cc3)C2=O)c1. The Morgan fingerprint density at radius 2 is 1.86 bits per heavy atom. The summed E-state index contributed by atoms with van der Waals surface area (Å²) >= 11 is 5.84. The summed E-state index contributed by atoms with van der Waals surface area (Å²) in [5.41, 5.74) is 2.48. The van der Waals surface area contributed by atoms with Gasteiger partial charge in [0.1, 0.15) is 6.04 Å². The number of anilines is 2. The van der Waals surface area contributed by atoms with Gasteiger partial charge in [-0.15, -0.1) is 0 Å². The number of amides is 2. The van der Waals surface area contributed by atoms with E-state index in [9.17, 15) is 9.59 Å². The van der Waals surface area contributed by atoms with E-state index in [-0.39, 0.29) is 18.2 Å². The topological polar surface area (TPSA) is 49.4 Å². The van der Waals surface area contributed by atoms with Gasteiger partial charge in [-0.2, -0.15) is 0 Å². The first-order valence-corrected chi connectivity index (χ1v) is 7.38. The number of carbonyl (C=O) groups excluding carboxylic acids is 2. The van der Waals surface area contributed by atoms with Crippen molar-refractivity contribution in [3.63, 3.8) is 0 Å². The standard InChI is InChI=1S/C17H15ClN2O2/c1-11-3-2-4-13(9-11)19-15-10-16(21)20(17(15)22)14-7-5-12(18)6-8-14/h2-9,15,19H,10H2,1H3/t15-/m0/s1. The van der Waals surface area contributed by atoms with Crippen LogP contribution in [0.5, 0.6) is 0 Å². The zero-order valence-electron chi connectivity index (χ0n) is 12.0. The van der Waals surface area contributed by atoms with Gasteiger partial charge < -0.3 is 5.32 Å². The highest BCUT2D eigenvalue weighted by molar-refractivity contribution is 6.30. The number of nitrogens with zero attached hydrogens (tertiary/aromatic N) is 1. The molecule has 2 aromatic rings. The molecule has 3 rings (SSSR count). The van der Waals surface area contributed by atoms with Gasteiger partial charge in [0.05, 0.1) is 12.1 Å². The monoisotopic (exact) mass is 314 g/mol. The Morgan fingerprint density at radius 3 is 2.55 bits per heavy atom. The van der Waals surface area contributed by atoms with E-state index in [0.717, 1.165) is 11.3 Å². The first kappa shape index (κ1) is 14.6. The van der Waals surface area contributed by atoms with Crippen LogP contribution in [0.3, 0.4) is 0 Å². The molecule has 0 aliphatic carbocycles. The molecule has 1 heterocycles. The van der Waals surface area contributed by atoms with Gasteiger partial charge in [-0.05, 0) is 48.9 Å². The molecule has 0 radical (unpaired) electrons. The number of carbonyl (C=O) groups is 2. The number of hydrogen-bond acceptors (Lipinski definition) is 3. The second-order valence-corrected chi connectivity index (χ2v) is 5.75. The number of aryl methyl sites for hydroxylation is 1. The van der Waals surface area contributed by atoms with Crippen molar-refractivity contribution in [3.05, 3.63) is 59.1 Å². The molecule has 1 atom stereocenters. The summed E-state index contributed by atoms with van der Waals surface area (Å²) in [7, 11) is 0. The van der Waals surface area contributed by atoms with Crippen LogP contribution in [0.25, 0.3) is 0 Å². The maximum Gasteiger partial charge on any atom is 0.256 e. The van der Waals surface area contributed by atoms with Crippen molar-refractivity contribution in [1.82, 2.24) is 0 Å². The van der Waals surface area contributed by atoms with Crippen LogP contribution in [0.1, 0.15) is 12.0 Å². The van der Waals surface area contributed by atoms with Crippen LogP contribution in [-0.2, 0) is 9.59 Å². The van der Waals surface area contributed by atoms with Gasteiger partial charge in [-0.3, -0.25) is 9.59 Å². The second-order valence-electron chi connectivity index (χ2n) is 5.31. The molecular formula is C17H15ClN2O2. The van der Waals surface area contributed by atoms with Crippen LogP contribution in [0.15, 0.2) is 48.5 Å². The number of nitrogens with one attached hydrogen (secondary N) is 1. The Balaban J connectivity index is 1.81. The molecule has 1 fully saturated rings. The fourth-order valence-electron chi connectivity index (χ4n) is 2.54. The predicted molar refractivity (Wildman–Crippen MR) is 87.2 cm³/mol. The Hall–Kier alpha value is -2.33. The summed E-state index contributed by atoms with van der Waals surface area (Å²) in [6.45, 7) is 1.98. The van der Waals surface area contributed by atoms with Crippen molar-refractivity contribution in [1.29, 1.82) is 0 Å². The zero-order valence-corrected chi connectivity index (χ0v) is 12.8. The lowest BCUT2D eigenvalue weighted by molar-refractivity contribution is -0.121. The van der Waals surface area contributed by atoms with Crippen molar-refractivity contribution in [2.75, 3.05) is 10.2 Å². The molecule has 0 spiro atoms. The summed E-state index contributed by atoms with van der Waals surface area (Å²) in [5, 5.41) is 3.70. The molecular weight excluding hydrogens is 300 g/mol. The molecule has 4 nitrogen and oxygen atoms in total. The quantitative estimate of drug-likeness (QED) is 0.883. The molecule has 2 aromatic carbocycles. The first-order valence-electron chi connectivity index (χ1n) is 7.00. The summed E-state index contributed by atoms with van der Waals surface area (Å²) in [4.78, 5) is 25.9. The fourth-order valence-corrected chi connectivity index (χ4v) is 2.67. The van der Waals surface area contributed by atoms with E-state index in [4.69, 9.17) is 11.6 Å². The number of halogens is 1. The molecule has 0 unspecified atom stereocenters. The minimum absolute atomic E-state index is 0.148. The molecule has 22 heavy (non-hydrogen) atoms. The molecule has 2 amide bonds. The highest BCUT2D eigenvalue weighted by Gasteiger charge is 2.39. The third-order valence-electron chi connectivity index (χ3n) is 3.59. The number of hydrogen-bond donors (Lipinski definition) is 1. The summed E-state index contributed by atoms with van der Waals surface area (Å²) in [5.74, 6) is -0.452. The average molecular weight is 315 g/mol. The summed E-state index contributed by atoms with van der Waals surface area (Å²) in [6.07, 6.45) is 0.148. The molecule has 1 aliphatic heterocycles. The smallest absolute Gasteiger partial charge is 0.256 e. The fraction of sp³-hybridized carbons (Fsp3) is 0.176. The van der Waals surface area contributed by atoms with Crippen molar-refractivity contribution in [2.24, 2.45) is 0 Å². The number of rotatable bonds is 3. The van der Waals surface area contributed by atoms with Crippen LogP contribution < -0.4 is 10.2 Å². The van der Waals surface area contributed by atoms with E-state index in [1.165, 1.54) is 4.90 Å². The van der Waals surface area contributed by atoms with E-state index in [2.05, 4.69) is 5.32 Å². The molecule has 1 N–H and O–H groups in total. The second kappa shape index (κ2) is 5.81. The van der Waals surface area contributed by atoms with Crippen LogP contribution in [0.4, 0.5) is 11.4 Å². The van der Waals surface area contributed by atoms with Gasteiger partial charge >= 0.3 is 0 Å². The van der Waals surface area contributed by atoms with Gasteiger partial charge in [0.15, 0.2) is 0 Å². The lowest BCUT2D eigenvalue weighted by Gasteiger charge is -2.16. The van der Waals surface area contributed by atoms with Crippen LogP contribution in [0, 0.1) is 6.92 Å². The van der Waals surface area contributed by atoms with Crippen molar-refractivity contribution in [2.45, 2.75) is 19.4 Å². The molecule has 5 heteroatoms. The summed E-state index contributed by atoms with van der Waals surface area (Å²) in [6, 6.07) is 13.9. The van der Waals surface area contributed by atoms with E-state index < -0.39 is 6.04 Å².